The van der Waals surface area contributed by atoms with E-state index in [2.05, 4.69) is 24.1 Å². The van der Waals surface area contributed by atoms with E-state index < -0.39 is 6.04 Å². The minimum absolute atomic E-state index is 0.0404. The van der Waals surface area contributed by atoms with E-state index >= 15 is 0 Å². The highest BCUT2D eigenvalue weighted by atomic mass is 35.5. The maximum absolute atomic E-state index is 13.6. The van der Waals surface area contributed by atoms with Crippen molar-refractivity contribution in [3.63, 3.8) is 0 Å². The largest absolute Gasteiger partial charge is 0.460 e. The van der Waals surface area contributed by atoms with Gasteiger partial charge < -0.3 is 15.0 Å². The maximum atomic E-state index is 13.6. The molecular formula is C34H48Cl2N2O4. The summed E-state index contributed by atoms with van der Waals surface area (Å²) in [4.78, 5) is 40.1. The predicted octanol–water partition coefficient (Wildman–Crippen LogP) is 6.54. The number of anilines is 1. The Kier molecular flexibility index (Phi) is 9.83. The normalized spacial score (nSPS) is 34.5. The molecule has 232 valence electrons. The number of carbonyl (C=O) groups is 3. The molecular weight excluding hydrogens is 571 g/mol. The summed E-state index contributed by atoms with van der Waals surface area (Å²) in [7, 11) is 0. The molecule has 1 aromatic carbocycles. The number of fused-ring (bicyclic) bond motifs is 5. The zero-order valence-corrected chi connectivity index (χ0v) is 27.0. The van der Waals surface area contributed by atoms with Gasteiger partial charge in [0.25, 0.3) is 0 Å². The van der Waals surface area contributed by atoms with E-state index in [0.29, 0.717) is 60.7 Å². The number of ketones is 1. The van der Waals surface area contributed by atoms with Gasteiger partial charge in [-0.25, -0.2) is 4.79 Å². The number of Topliss-reactive ketones (excluding diaryl/α,β-unsaturated/α-hetero) is 1. The topological polar surface area (TPSA) is 75.7 Å². The number of esters is 1. The van der Waals surface area contributed by atoms with E-state index in [1.54, 1.807) is 0 Å². The molecule has 0 aromatic heterocycles. The molecule has 4 aliphatic carbocycles. The maximum Gasteiger partial charge on any atom is 0.329 e. The number of nitrogens with zero attached hydrogens (tertiary/aromatic N) is 1. The van der Waals surface area contributed by atoms with Crippen LogP contribution in [0.4, 0.5) is 5.69 Å². The highest BCUT2D eigenvalue weighted by Crippen LogP contribution is 2.66. The number of rotatable bonds is 10. The lowest BCUT2D eigenvalue weighted by atomic mass is 9.45. The highest BCUT2D eigenvalue weighted by molar-refractivity contribution is 6.18. The SMILES string of the molecule is CC(=O)N[C@@H](Cc1ccc(N(CCCl)CCCl)cc1)C(=O)O[C@@H]1CC[C@H]2[C@@H]3CC[C@H]4CC(=O)CC[C@]4(C)[C@H]3CC[C@]12C. The first-order chi connectivity index (χ1) is 20.1. The molecule has 0 radical (unpaired) electrons. The van der Waals surface area contributed by atoms with E-state index in [0.717, 1.165) is 62.6 Å². The lowest BCUT2D eigenvalue weighted by molar-refractivity contribution is -0.167. The fraction of sp³-hybridized carbons (Fsp3) is 0.735. The molecule has 1 aromatic rings. The Morgan fingerprint density at radius 1 is 0.976 bits per heavy atom. The fourth-order valence-corrected chi connectivity index (χ4v) is 9.91. The second-order valence-electron chi connectivity index (χ2n) is 13.9. The fourth-order valence-electron chi connectivity index (χ4n) is 9.50. The first-order valence-electron chi connectivity index (χ1n) is 16.0. The van der Waals surface area contributed by atoms with E-state index in [9.17, 15) is 14.4 Å². The van der Waals surface area contributed by atoms with Crippen LogP contribution < -0.4 is 10.2 Å². The van der Waals surface area contributed by atoms with Gasteiger partial charge in [-0.05, 0) is 91.7 Å². The van der Waals surface area contributed by atoms with Gasteiger partial charge in [-0.3, -0.25) is 9.59 Å². The zero-order valence-electron chi connectivity index (χ0n) is 25.5. The Morgan fingerprint density at radius 2 is 1.67 bits per heavy atom. The van der Waals surface area contributed by atoms with Gasteiger partial charge in [0.2, 0.25) is 5.91 Å². The van der Waals surface area contributed by atoms with E-state index in [1.165, 1.54) is 13.3 Å². The van der Waals surface area contributed by atoms with Crippen LogP contribution in [-0.2, 0) is 25.5 Å². The third kappa shape index (κ3) is 6.22. The van der Waals surface area contributed by atoms with Crippen molar-refractivity contribution in [1.82, 2.24) is 5.32 Å². The number of carbonyl (C=O) groups excluding carboxylic acids is 3. The molecule has 42 heavy (non-hydrogen) atoms. The summed E-state index contributed by atoms with van der Waals surface area (Å²) in [5.41, 5.74) is 2.21. The van der Waals surface area contributed by atoms with Crippen molar-refractivity contribution in [2.24, 2.45) is 34.5 Å². The van der Waals surface area contributed by atoms with Gasteiger partial charge in [0.1, 0.15) is 17.9 Å². The molecule has 0 bridgehead atoms. The number of hydrogen-bond donors (Lipinski definition) is 1. The van der Waals surface area contributed by atoms with E-state index in [-0.39, 0.29) is 28.8 Å². The number of amides is 1. The molecule has 0 aliphatic heterocycles. The van der Waals surface area contributed by atoms with Crippen LogP contribution in [0.5, 0.6) is 0 Å². The van der Waals surface area contributed by atoms with Crippen molar-refractivity contribution in [1.29, 1.82) is 0 Å². The second-order valence-corrected chi connectivity index (χ2v) is 14.7. The van der Waals surface area contributed by atoms with Crippen LogP contribution in [0.25, 0.3) is 0 Å². The Morgan fingerprint density at radius 3 is 2.33 bits per heavy atom. The van der Waals surface area contributed by atoms with Gasteiger partial charge in [-0.1, -0.05) is 26.0 Å². The van der Waals surface area contributed by atoms with Crippen LogP contribution in [0, 0.1) is 34.5 Å². The van der Waals surface area contributed by atoms with Crippen LogP contribution in [0.3, 0.4) is 0 Å². The van der Waals surface area contributed by atoms with Crippen molar-refractivity contribution in [3.05, 3.63) is 29.8 Å². The molecule has 0 saturated heterocycles. The average Bonchev–Trinajstić information content (AvgIpc) is 3.29. The first kappa shape index (κ1) is 31.6. The quantitative estimate of drug-likeness (QED) is 0.238. The number of hydrogen-bond acceptors (Lipinski definition) is 5. The summed E-state index contributed by atoms with van der Waals surface area (Å²) in [5, 5.41) is 2.86. The van der Waals surface area contributed by atoms with Crippen molar-refractivity contribution in [2.45, 2.75) is 97.1 Å². The van der Waals surface area contributed by atoms with E-state index in [4.69, 9.17) is 27.9 Å². The molecule has 6 nitrogen and oxygen atoms in total. The lowest BCUT2D eigenvalue weighted by Crippen LogP contribution is -2.54. The van der Waals surface area contributed by atoms with Crippen LogP contribution in [0.2, 0.25) is 0 Å². The first-order valence-corrected chi connectivity index (χ1v) is 17.1. The Balaban J connectivity index is 1.26. The summed E-state index contributed by atoms with van der Waals surface area (Å²) < 4.78 is 6.33. The molecule has 8 heteroatoms. The summed E-state index contributed by atoms with van der Waals surface area (Å²) in [6.45, 7) is 7.67. The molecule has 5 rings (SSSR count). The lowest BCUT2D eigenvalue weighted by Gasteiger charge is -2.60. The number of halogens is 2. The zero-order chi connectivity index (χ0) is 30.1. The van der Waals surface area contributed by atoms with Gasteiger partial charge in [0, 0.05) is 62.1 Å². The minimum Gasteiger partial charge on any atom is -0.460 e. The molecule has 0 heterocycles. The van der Waals surface area contributed by atoms with Crippen molar-refractivity contribution < 1.29 is 19.1 Å². The molecule has 1 amide bonds. The molecule has 8 atom stereocenters. The average molecular weight is 620 g/mol. The highest BCUT2D eigenvalue weighted by Gasteiger charge is 2.61. The third-order valence-electron chi connectivity index (χ3n) is 11.8. The van der Waals surface area contributed by atoms with Crippen molar-refractivity contribution in [3.8, 4) is 0 Å². The van der Waals surface area contributed by atoms with Crippen LogP contribution in [0.15, 0.2) is 24.3 Å². The molecule has 4 fully saturated rings. The third-order valence-corrected chi connectivity index (χ3v) is 12.1. The summed E-state index contributed by atoms with van der Waals surface area (Å²) in [6.07, 6.45) is 9.31. The minimum atomic E-state index is -0.733. The monoisotopic (exact) mass is 618 g/mol. The van der Waals surface area contributed by atoms with Gasteiger partial charge in [-0.2, -0.15) is 0 Å². The molecule has 4 saturated carbocycles. The molecule has 4 aliphatic rings. The smallest absolute Gasteiger partial charge is 0.329 e. The Bertz CT molecular complexity index is 1140. The van der Waals surface area contributed by atoms with Gasteiger partial charge in [0.05, 0.1) is 0 Å². The second kappa shape index (κ2) is 13.1. The van der Waals surface area contributed by atoms with Gasteiger partial charge >= 0.3 is 5.97 Å². The molecule has 0 unspecified atom stereocenters. The number of ether oxygens (including phenoxy) is 1. The summed E-state index contributed by atoms with van der Waals surface area (Å²) >= 11 is 11.9. The predicted molar refractivity (Wildman–Crippen MR) is 168 cm³/mol. The van der Waals surface area contributed by atoms with Gasteiger partial charge in [-0.15, -0.1) is 23.2 Å². The Labute approximate surface area is 261 Å². The molecule has 1 N–H and O–H groups in total. The molecule has 0 spiro atoms. The summed E-state index contributed by atoms with van der Waals surface area (Å²) in [6, 6.07) is 7.29. The number of benzene rings is 1. The number of nitrogens with one attached hydrogen (secondary N) is 1. The van der Waals surface area contributed by atoms with Crippen molar-refractivity contribution in [2.75, 3.05) is 29.7 Å². The van der Waals surface area contributed by atoms with Crippen LogP contribution >= 0.6 is 23.2 Å². The van der Waals surface area contributed by atoms with Crippen LogP contribution in [0.1, 0.15) is 84.1 Å². The van der Waals surface area contributed by atoms with Crippen molar-refractivity contribution >= 4 is 46.5 Å². The summed E-state index contributed by atoms with van der Waals surface area (Å²) in [5.74, 6) is 3.29. The van der Waals surface area contributed by atoms with Gasteiger partial charge in [0.15, 0.2) is 0 Å². The van der Waals surface area contributed by atoms with E-state index in [1.807, 2.05) is 24.3 Å². The Hall–Kier alpha value is -1.79. The number of alkyl halides is 2. The standard InChI is InChI=1S/C34H48Cl2N2O4/c1-22(39)37-30(20-23-4-7-25(8-5-23)38(18-16-35)19-17-36)32(41)42-31-11-10-28-27-9-6-24-21-26(40)12-14-33(24,2)29(27)13-15-34(28,31)3/h4-5,7-8,24,27-31H,6,9-21H2,1-3H3,(H,37,39)/t24-,27-,28-,29-,30-,31+,33-,34-/m0/s1. The van der Waals surface area contributed by atoms with Crippen LogP contribution in [-0.4, -0.2) is 54.7 Å².